The van der Waals surface area contributed by atoms with Crippen molar-refractivity contribution in [2.45, 2.75) is 13.1 Å². The van der Waals surface area contributed by atoms with E-state index in [1.165, 1.54) is 0 Å². The number of amides is 1. The smallest absolute Gasteiger partial charge is 0.235 e. The third-order valence-electron chi connectivity index (χ3n) is 3.09. The maximum atomic E-state index is 12.0. The highest BCUT2D eigenvalue weighted by Gasteiger charge is 2.20. The van der Waals surface area contributed by atoms with Gasteiger partial charge < -0.3 is 5.32 Å². The first-order valence-electron chi connectivity index (χ1n) is 6.96. The van der Waals surface area contributed by atoms with E-state index in [-0.39, 0.29) is 25.5 Å². The number of nitrogens with one attached hydrogen (secondary N) is 1. The minimum absolute atomic E-state index is 0.123. The SMILES string of the molecule is CS(=O)(=O)N(CC(=O)NCc1ccccn1)Cc1ccncc1. The molecule has 0 unspecified atom stereocenters. The fourth-order valence-electron chi connectivity index (χ4n) is 1.89. The number of aromatic nitrogens is 2. The van der Waals surface area contributed by atoms with Gasteiger partial charge in [-0.05, 0) is 29.8 Å². The largest absolute Gasteiger partial charge is 0.349 e. The molecule has 0 radical (unpaired) electrons. The van der Waals surface area contributed by atoms with Crippen LogP contribution in [0.3, 0.4) is 0 Å². The van der Waals surface area contributed by atoms with Crippen LogP contribution in [0.2, 0.25) is 0 Å². The monoisotopic (exact) mass is 334 g/mol. The molecular formula is C15H18N4O3S. The van der Waals surface area contributed by atoms with E-state index in [1.807, 2.05) is 6.07 Å². The molecule has 2 heterocycles. The lowest BCUT2D eigenvalue weighted by Crippen LogP contribution is -2.39. The number of hydrogen-bond acceptors (Lipinski definition) is 5. The Morgan fingerprint density at radius 1 is 1.17 bits per heavy atom. The van der Waals surface area contributed by atoms with Gasteiger partial charge in [-0.15, -0.1) is 0 Å². The molecule has 0 saturated carbocycles. The maximum Gasteiger partial charge on any atom is 0.235 e. The summed E-state index contributed by atoms with van der Waals surface area (Å²) in [6.07, 6.45) is 5.88. The van der Waals surface area contributed by atoms with Crippen molar-refractivity contribution in [3.05, 3.63) is 60.2 Å². The molecule has 2 aromatic rings. The van der Waals surface area contributed by atoms with Gasteiger partial charge in [-0.2, -0.15) is 4.31 Å². The third-order valence-corrected chi connectivity index (χ3v) is 4.29. The van der Waals surface area contributed by atoms with E-state index in [2.05, 4.69) is 15.3 Å². The summed E-state index contributed by atoms with van der Waals surface area (Å²) in [6.45, 7) is 0.138. The Bertz CT molecular complexity index is 736. The van der Waals surface area contributed by atoms with Crippen LogP contribution in [-0.4, -0.2) is 41.4 Å². The van der Waals surface area contributed by atoms with Gasteiger partial charge in [0.1, 0.15) is 0 Å². The van der Waals surface area contributed by atoms with Gasteiger partial charge in [-0.1, -0.05) is 6.07 Å². The number of carbonyl (C=O) groups excluding carboxylic acids is 1. The third kappa shape index (κ3) is 5.76. The highest BCUT2D eigenvalue weighted by Crippen LogP contribution is 2.07. The quantitative estimate of drug-likeness (QED) is 0.798. The minimum atomic E-state index is -3.50. The van der Waals surface area contributed by atoms with Crippen molar-refractivity contribution in [2.75, 3.05) is 12.8 Å². The first kappa shape index (κ1) is 17.0. The zero-order chi connectivity index (χ0) is 16.7. The van der Waals surface area contributed by atoms with E-state index in [1.54, 1.807) is 42.9 Å². The Kier molecular flexibility index (Phi) is 5.78. The maximum absolute atomic E-state index is 12.0. The second kappa shape index (κ2) is 7.80. The average molecular weight is 334 g/mol. The summed E-state index contributed by atoms with van der Waals surface area (Å²) in [7, 11) is -3.50. The van der Waals surface area contributed by atoms with Gasteiger partial charge in [0, 0.05) is 25.1 Å². The molecule has 2 aromatic heterocycles. The van der Waals surface area contributed by atoms with Crippen LogP contribution in [0.15, 0.2) is 48.9 Å². The van der Waals surface area contributed by atoms with Crippen LogP contribution in [0.4, 0.5) is 0 Å². The van der Waals surface area contributed by atoms with Crippen molar-refractivity contribution >= 4 is 15.9 Å². The number of carbonyl (C=O) groups is 1. The van der Waals surface area contributed by atoms with Crippen molar-refractivity contribution in [3.8, 4) is 0 Å². The summed E-state index contributed by atoms with van der Waals surface area (Å²) in [5.74, 6) is -0.380. The highest BCUT2D eigenvalue weighted by molar-refractivity contribution is 7.88. The standard InChI is InChI=1S/C15H18N4O3S/c1-23(21,22)19(11-13-5-8-16-9-6-13)12-15(20)18-10-14-4-2-3-7-17-14/h2-9H,10-12H2,1H3,(H,18,20). The van der Waals surface area contributed by atoms with E-state index >= 15 is 0 Å². The lowest BCUT2D eigenvalue weighted by atomic mass is 10.3. The topological polar surface area (TPSA) is 92.3 Å². The Balaban J connectivity index is 1.96. The van der Waals surface area contributed by atoms with E-state index in [0.29, 0.717) is 5.69 Å². The van der Waals surface area contributed by atoms with Crippen LogP contribution in [0, 0.1) is 0 Å². The lowest BCUT2D eigenvalue weighted by Gasteiger charge is -2.19. The van der Waals surface area contributed by atoms with Crippen molar-refractivity contribution < 1.29 is 13.2 Å². The minimum Gasteiger partial charge on any atom is -0.349 e. The van der Waals surface area contributed by atoms with Crippen LogP contribution < -0.4 is 5.32 Å². The summed E-state index contributed by atoms with van der Waals surface area (Å²) in [4.78, 5) is 20.0. The van der Waals surface area contributed by atoms with Gasteiger partial charge in [0.15, 0.2) is 0 Å². The van der Waals surface area contributed by atoms with Crippen LogP contribution >= 0.6 is 0 Å². The number of nitrogens with zero attached hydrogens (tertiary/aromatic N) is 3. The second-order valence-corrected chi connectivity index (χ2v) is 6.97. The van der Waals surface area contributed by atoms with E-state index < -0.39 is 10.0 Å². The number of rotatable bonds is 7. The summed E-state index contributed by atoms with van der Waals surface area (Å²) < 4.78 is 24.8. The Morgan fingerprint density at radius 3 is 2.52 bits per heavy atom. The van der Waals surface area contributed by atoms with E-state index in [4.69, 9.17) is 0 Å². The Morgan fingerprint density at radius 2 is 1.91 bits per heavy atom. The molecule has 0 spiro atoms. The van der Waals surface area contributed by atoms with Crippen LogP contribution in [0.1, 0.15) is 11.3 Å². The van der Waals surface area contributed by atoms with Crippen molar-refractivity contribution in [1.29, 1.82) is 0 Å². The molecular weight excluding hydrogens is 316 g/mol. The molecule has 0 aromatic carbocycles. The van der Waals surface area contributed by atoms with E-state index in [0.717, 1.165) is 16.1 Å². The molecule has 0 aliphatic heterocycles. The van der Waals surface area contributed by atoms with Gasteiger partial charge in [0.25, 0.3) is 0 Å². The molecule has 0 atom stereocenters. The molecule has 0 aliphatic rings. The van der Waals surface area contributed by atoms with Crippen molar-refractivity contribution in [3.63, 3.8) is 0 Å². The van der Waals surface area contributed by atoms with Crippen molar-refractivity contribution in [1.82, 2.24) is 19.6 Å². The summed E-state index contributed by atoms with van der Waals surface area (Å²) in [6, 6.07) is 8.81. The van der Waals surface area contributed by atoms with Crippen LogP contribution in [0.25, 0.3) is 0 Å². The Labute approximate surface area is 135 Å². The van der Waals surface area contributed by atoms with Gasteiger partial charge in [-0.25, -0.2) is 8.42 Å². The van der Waals surface area contributed by atoms with Gasteiger partial charge in [-0.3, -0.25) is 14.8 Å². The first-order chi connectivity index (χ1) is 10.9. The molecule has 0 fully saturated rings. The van der Waals surface area contributed by atoms with Gasteiger partial charge in [0.2, 0.25) is 15.9 Å². The molecule has 0 bridgehead atoms. The molecule has 1 amide bonds. The molecule has 0 saturated heterocycles. The first-order valence-corrected chi connectivity index (χ1v) is 8.80. The number of pyridine rings is 2. The predicted octanol–water partition coefficient (Wildman–Crippen LogP) is 0.555. The summed E-state index contributed by atoms with van der Waals surface area (Å²) >= 11 is 0. The van der Waals surface area contributed by atoms with Crippen molar-refractivity contribution in [2.24, 2.45) is 0 Å². The van der Waals surface area contributed by atoms with Crippen LogP contribution in [0.5, 0.6) is 0 Å². The lowest BCUT2D eigenvalue weighted by molar-refractivity contribution is -0.121. The average Bonchev–Trinajstić information content (AvgIpc) is 2.53. The summed E-state index contributed by atoms with van der Waals surface area (Å²) in [5.41, 5.74) is 1.48. The Hall–Kier alpha value is -2.32. The highest BCUT2D eigenvalue weighted by atomic mass is 32.2. The molecule has 0 aliphatic carbocycles. The zero-order valence-corrected chi connectivity index (χ0v) is 13.5. The summed E-state index contributed by atoms with van der Waals surface area (Å²) in [5, 5.41) is 2.67. The fourth-order valence-corrected chi connectivity index (χ4v) is 2.63. The number of sulfonamides is 1. The molecule has 122 valence electrons. The van der Waals surface area contributed by atoms with Gasteiger partial charge in [0.05, 0.1) is 25.0 Å². The van der Waals surface area contributed by atoms with E-state index in [9.17, 15) is 13.2 Å². The fraction of sp³-hybridized carbons (Fsp3) is 0.267. The van der Waals surface area contributed by atoms with Crippen LogP contribution in [-0.2, 0) is 27.9 Å². The normalized spacial score (nSPS) is 11.4. The number of hydrogen-bond donors (Lipinski definition) is 1. The molecule has 7 nitrogen and oxygen atoms in total. The predicted molar refractivity (Wildman–Crippen MR) is 85.6 cm³/mol. The van der Waals surface area contributed by atoms with Gasteiger partial charge >= 0.3 is 0 Å². The molecule has 23 heavy (non-hydrogen) atoms. The second-order valence-electron chi connectivity index (χ2n) is 4.98. The molecule has 1 N–H and O–H groups in total. The zero-order valence-electron chi connectivity index (χ0n) is 12.7. The molecule has 2 rings (SSSR count). The molecule has 8 heteroatoms.